The maximum atomic E-state index is 9.58. The summed E-state index contributed by atoms with van der Waals surface area (Å²) in [5.74, 6) is 0. The van der Waals surface area contributed by atoms with Crippen molar-refractivity contribution in [1.29, 1.82) is 0 Å². The summed E-state index contributed by atoms with van der Waals surface area (Å²) in [4.78, 5) is 4.51. The molecule has 0 spiro atoms. The summed E-state index contributed by atoms with van der Waals surface area (Å²) in [6, 6.07) is 10.5. The first-order valence-electron chi connectivity index (χ1n) is 7.34. The Labute approximate surface area is 121 Å². The van der Waals surface area contributed by atoms with E-state index in [0.717, 1.165) is 36.0 Å². The van der Waals surface area contributed by atoms with E-state index in [1.54, 1.807) is 0 Å². The number of rotatable bonds is 6. The number of aryl methyl sites for hydroxylation is 1. The van der Waals surface area contributed by atoms with Crippen LogP contribution in [0, 0.1) is 6.92 Å². The lowest BCUT2D eigenvalue weighted by atomic mass is 9.93. The number of fused-ring (bicyclic) bond motifs is 1. The molecule has 0 atom stereocenters. The number of hydrogen-bond acceptors (Lipinski definition) is 3. The minimum absolute atomic E-state index is 0.166. The van der Waals surface area contributed by atoms with Gasteiger partial charge in [-0.25, -0.2) is 0 Å². The molecule has 0 saturated carbocycles. The first-order chi connectivity index (χ1) is 9.62. The molecule has 0 unspecified atom stereocenters. The normalized spacial score (nSPS) is 12.0. The van der Waals surface area contributed by atoms with Gasteiger partial charge in [0.05, 0.1) is 12.1 Å². The number of pyridine rings is 1. The molecule has 2 N–H and O–H groups in total. The Balaban J connectivity index is 2.16. The lowest BCUT2D eigenvalue weighted by Crippen LogP contribution is -2.47. The summed E-state index contributed by atoms with van der Waals surface area (Å²) < 4.78 is 0. The monoisotopic (exact) mass is 272 g/mol. The average molecular weight is 272 g/mol. The fourth-order valence-electron chi connectivity index (χ4n) is 2.46. The van der Waals surface area contributed by atoms with Crippen LogP contribution in [0.4, 0.5) is 0 Å². The number of hydrogen-bond donors (Lipinski definition) is 2. The van der Waals surface area contributed by atoms with Crippen LogP contribution in [0.25, 0.3) is 10.9 Å². The Hall–Kier alpha value is -1.45. The molecule has 0 bridgehead atoms. The summed E-state index contributed by atoms with van der Waals surface area (Å²) in [5, 5.41) is 14.3. The van der Waals surface area contributed by atoms with Gasteiger partial charge in [0.1, 0.15) is 0 Å². The van der Waals surface area contributed by atoms with Crippen LogP contribution in [-0.4, -0.2) is 22.2 Å². The van der Waals surface area contributed by atoms with Crippen LogP contribution in [-0.2, 0) is 6.54 Å². The largest absolute Gasteiger partial charge is 0.394 e. The van der Waals surface area contributed by atoms with Gasteiger partial charge in [0, 0.05) is 23.2 Å². The molecule has 0 aliphatic heterocycles. The zero-order chi connectivity index (χ0) is 14.6. The molecule has 0 fully saturated rings. The van der Waals surface area contributed by atoms with Crippen molar-refractivity contribution in [3.63, 3.8) is 0 Å². The third-order valence-corrected chi connectivity index (χ3v) is 4.22. The highest BCUT2D eigenvalue weighted by atomic mass is 16.3. The molecular formula is C17H24N2O. The number of nitrogens with zero attached hydrogens (tertiary/aromatic N) is 1. The SMILES string of the molecule is CCC(CC)(CO)NCc1ccc2nc(C)ccc2c1. The van der Waals surface area contributed by atoms with Gasteiger partial charge in [-0.3, -0.25) is 4.98 Å². The van der Waals surface area contributed by atoms with Crippen molar-refractivity contribution < 1.29 is 5.11 Å². The second-order valence-electron chi connectivity index (χ2n) is 5.48. The van der Waals surface area contributed by atoms with Crippen molar-refractivity contribution in [2.24, 2.45) is 0 Å². The standard InChI is InChI=1S/C17H24N2O/c1-4-17(5-2,12-20)18-11-14-7-9-16-15(10-14)8-6-13(3)19-16/h6-10,18,20H,4-5,11-12H2,1-3H3. The maximum Gasteiger partial charge on any atom is 0.0705 e. The van der Waals surface area contributed by atoms with E-state index >= 15 is 0 Å². The Bertz CT molecular complexity index is 568. The van der Waals surface area contributed by atoms with Crippen molar-refractivity contribution >= 4 is 10.9 Å². The number of nitrogens with one attached hydrogen (secondary N) is 1. The highest BCUT2D eigenvalue weighted by Crippen LogP contribution is 2.18. The van der Waals surface area contributed by atoms with E-state index in [4.69, 9.17) is 0 Å². The van der Waals surface area contributed by atoms with Crippen molar-refractivity contribution in [2.45, 2.75) is 45.7 Å². The van der Waals surface area contributed by atoms with Gasteiger partial charge in [0.2, 0.25) is 0 Å². The van der Waals surface area contributed by atoms with Gasteiger partial charge >= 0.3 is 0 Å². The van der Waals surface area contributed by atoms with Crippen LogP contribution in [0.1, 0.15) is 37.9 Å². The third-order valence-electron chi connectivity index (χ3n) is 4.22. The van der Waals surface area contributed by atoms with Crippen LogP contribution in [0.2, 0.25) is 0 Å². The van der Waals surface area contributed by atoms with Gasteiger partial charge in [0.25, 0.3) is 0 Å². The van der Waals surface area contributed by atoms with E-state index in [2.05, 4.69) is 48.4 Å². The van der Waals surface area contributed by atoms with E-state index in [-0.39, 0.29) is 12.1 Å². The van der Waals surface area contributed by atoms with Crippen molar-refractivity contribution in [2.75, 3.05) is 6.61 Å². The number of aromatic nitrogens is 1. The second-order valence-corrected chi connectivity index (χ2v) is 5.48. The van der Waals surface area contributed by atoms with Crippen LogP contribution in [0.15, 0.2) is 30.3 Å². The van der Waals surface area contributed by atoms with Gasteiger partial charge in [-0.2, -0.15) is 0 Å². The van der Waals surface area contributed by atoms with Crippen LogP contribution in [0.3, 0.4) is 0 Å². The summed E-state index contributed by atoms with van der Waals surface area (Å²) in [5.41, 5.74) is 3.14. The van der Waals surface area contributed by atoms with Crippen LogP contribution < -0.4 is 5.32 Å². The Morgan fingerprint density at radius 3 is 2.55 bits per heavy atom. The van der Waals surface area contributed by atoms with E-state index < -0.39 is 0 Å². The predicted octanol–water partition coefficient (Wildman–Crippen LogP) is 3.18. The summed E-state index contributed by atoms with van der Waals surface area (Å²) in [6.45, 7) is 7.17. The average Bonchev–Trinajstić information content (AvgIpc) is 2.49. The summed E-state index contributed by atoms with van der Waals surface area (Å²) in [6.07, 6.45) is 1.85. The summed E-state index contributed by atoms with van der Waals surface area (Å²) in [7, 11) is 0. The van der Waals surface area contributed by atoms with E-state index in [0.29, 0.717) is 0 Å². The third kappa shape index (κ3) is 3.17. The zero-order valence-electron chi connectivity index (χ0n) is 12.6. The van der Waals surface area contributed by atoms with Crippen molar-refractivity contribution in [3.05, 3.63) is 41.6 Å². The maximum absolute atomic E-state index is 9.58. The number of benzene rings is 1. The molecule has 0 saturated heterocycles. The van der Waals surface area contributed by atoms with Crippen LogP contribution >= 0.6 is 0 Å². The topological polar surface area (TPSA) is 45.1 Å². The molecule has 2 rings (SSSR count). The van der Waals surface area contributed by atoms with Crippen molar-refractivity contribution in [3.8, 4) is 0 Å². The van der Waals surface area contributed by atoms with Gasteiger partial charge in [-0.15, -0.1) is 0 Å². The Morgan fingerprint density at radius 1 is 1.15 bits per heavy atom. The molecule has 0 aliphatic carbocycles. The predicted molar refractivity (Wildman–Crippen MR) is 83.7 cm³/mol. The highest BCUT2D eigenvalue weighted by molar-refractivity contribution is 5.79. The van der Waals surface area contributed by atoms with Gasteiger partial charge in [-0.1, -0.05) is 26.0 Å². The molecule has 2 aromatic rings. The summed E-state index contributed by atoms with van der Waals surface area (Å²) >= 11 is 0. The van der Waals surface area contributed by atoms with E-state index in [9.17, 15) is 5.11 Å². The van der Waals surface area contributed by atoms with Gasteiger partial charge < -0.3 is 10.4 Å². The first kappa shape index (κ1) is 14.9. The van der Waals surface area contributed by atoms with Crippen molar-refractivity contribution in [1.82, 2.24) is 10.3 Å². The molecule has 0 radical (unpaired) electrons. The lowest BCUT2D eigenvalue weighted by molar-refractivity contribution is 0.149. The fourth-order valence-corrected chi connectivity index (χ4v) is 2.46. The molecule has 3 nitrogen and oxygen atoms in total. The molecule has 20 heavy (non-hydrogen) atoms. The quantitative estimate of drug-likeness (QED) is 0.849. The molecule has 0 aliphatic rings. The second kappa shape index (κ2) is 6.33. The van der Waals surface area contributed by atoms with E-state index in [1.807, 2.05) is 13.0 Å². The molecule has 3 heteroatoms. The van der Waals surface area contributed by atoms with Gasteiger partial charge in [-0.05, 0) is 43.5 Å². The molecule has 1 aromatic carbocycles. The minimum atomic E-state index is -0.166. The molecule has 1 aromatic heterocycles. The number of aliphatic hydroxyl groups is 1. The Kier molecular flexibility index (Phi) is 4.73. The lowest BCUT2D eigenvalue weighted by Gasteiger charge is -2.31. The molecular weight excluding hydrogens is 248 g/mol. The Morgan fingerprint density at radius 2 is 1.90 bits per heavy atom. The first-order valence-corrected chi connectivity index (χ1v) is 7.34. The van der Waals surface area contributed by atoms with Crippen LogP contribution in [0.5, 0.6) is 0 Å². The highest BCUT2D eigenvalue weighted by Gasteiger charge is 2.23. The van der Waals surface area contributed by atoms with Gasteiger partial charge in [0.15, 0.2) is 0 Å². The van der Waals surface area contributed by atoms with E-state index in [1.165, 1.54) is 5.56 Å². The zero-order valence-corrected chi connectivity index (χ0v) is 12.6. The molecule has 108 valence electrons. The smallest absolute Gasteiger partial charge is 0.0705 e. The fraction of sp³-hybridized carbons (Fsp3) is 0.471. The molecule has 1 heterocycles. The molecule has 0 amide bonds. The number of aliphatic hydroxyl groups excluding tert-OH is 1. The minimum Gasteiger partial charge on any atom is -0.394 e.